The fraction of sp³-hybridized carbons (Fsp3) is 0.417. The topological polar surface area (TPSA) is 29.1 Å². The molecule has 1 atom stereocenters. The molecule has 5 heteroatoms. The van der Waals surface area contributed by atoms with Crippen molar-refractivity contribution in [3.63, 3.8) is 0 Å². The highest BCUT2D eigenvalue weighted by atomic mass is 79.9. The normalized spacial score (nSPS) is 12.2. The molecule has 1 aromatic rings. The quantitative estimate of drug-likeness (QED) is 0.753. The number of alkyl halides is 1. The van der Waals surface area contributed by atoms with Gasteiger partial charge in [0.25, 0.3) is 5.91 Å². The lowest BCUT2D eigenvalue weighted by Crippen LogP contribution is -2.26. The van der Waals surface area contributed by atoms with Crippen LogP contribution < -0.4 is 5.32 Å². The summed E-state index contributed by atoms with van der Waals surface area (Å²) in [6.45, 7) is 2.63. The van der Waals surface area contributed by atoms with Crippen molar-refractivity contribution < 1.29 is 4.79 Å². The van der Waals surface area contributed by atoms with Crippen molar-refractivity contribution in [2.75, 3.05) is 6.54 Å². The van der Waals surface area contributed by atoms with Gasteiger partial charge >= 0.3 is 0 Å². The highest BCUT2D eigenvalue weighted by Crippen LogP contribution is 2.20. The van der Waals surface area contributed by atoms with Crippen LogP contribution >= 0.6 is 43.5 Å². The number of rotatable bonds is 5. The lowest BCUT2D eigenvalue weighted by atomic mass is 10.2. The van der Waals surface area contributed by atoms with Gasteiger partial charge in [0.1, 0.15) is 0 Å². The maximum absolute atomic E-state index is 11.8. The van der Waals surface area contributed by atoms with Crippen molar-refractivity contribution in [3.8, 4) is 0 Å². The molecule has 0 saturated carbocycles. The lowest BCUT2D eigenvalue weighted by Gasteiger charge is -2.08. The van der Waals surface area contributed by atoms with E-state index in [4.69, 9.17) is 11.6 Å². The van der Waals surface area contributed by atoms with Gasteiger partial charge in [-0.2, -0.15) is 0 Å². The highest BCUT2D eigenvalue weighted by Gasteiger charge is 2.08. The Balaban J connectivity index is 2.52. The number of benzene rings is 1. The molecule has 0 fully saturated rings. The second-order valence-electron chi connectivity index (χ2n) is 3.71. The first kappa shape index (κ1) is 15.0. The number of halogens is 3. The van der Waals surface area contributed by atoms with Crippen LogP contribution in [-0.2, 0) is 0 Å². The van der Waals surface area contributed by atoms with Crippen LogP contribution in [0.2, 0.25) is 0 Å². The second-order valence-corrected chi connectivity index (χ2v) is 6.16. The molecule has 1 aromatic carbocycles. The summed E-state index contributed by atoms with van der Waals surface area (Å²) in [5, 5.41) is 2.98. The number of hydrogen-bond donors (Lipinski definition) is 1. The highest BCUT2D eigenvalue weighted by molar-refractivity contribution is 9.11. The van der Waals surface area contributed by atoms with Gasteiger partial charge in [0.15, 0.2) is 0 Å². The molecule has 1 rings (SSSR count). The Labute approximate surface area is 123 Å². The van der Waals surface area contributed by atoms with E-state index in [1.54, 1.807) is 12.1 Å². The first-order valence-corrected chi connectivity index (χ1v) is 7.43. The first-order valence-electron chi connectivity index (χ1n) is 5.41. The summed E-state index contributed by atoms with van der Waals surface area (Å²) in [6.07, 6.45) is 1.71. The minimum absolute atomic E-state index is 0.0769. The molecule has 2 nitrogen and oxygen atoms in total. The number of hydrogen-bond acceptors (Lipinski definition) is 1. The van der Waals surface area contributed by atoms with E-state index < -0.39 is 0 Å². The summed E-state index contributed by atoms with van der Waals surface area (Å²) in [7, 11) is 0. The molecule has 0 spiro atoms. The van der Waals surface area contributed by atoms with Crippen LogP contribution in [-0.4, -0.2) is 17.8 Å². The van der Waals surface area contributed by atoms with Crippen molar-refractivity contribution in [3.05, 3.63) is 32.7 Å². The fourth-order valence-electron chi connectivity index (χ4n) is 1.33. The third-order valence-corrected chi connectivity index (χ3v) is 3.75. The minimum atomic E-state index is -0.0769. The molecule has 94 valence electrons. The van der Waals surface area contributed by atoms with Crippen LogP contribution in [0, 0.1) is 0 Å². The van der Waals surface area contributed by atoms with Crippen molar-refractivity contribution in [2.45, 2.75) is 25.1 Å². The van der Waals surface area contributed by atoms with Crippen LogP contribution in [0.1, 0.15) is 30.1 Å². The smallest absolute Gasteiger partial charge is 0.251 e. The molecule has 0 aliphatic heterocycles. The number of carbonyl (C=O) groups excluding carboxylic acids is 1. The van der Waals surface area contributed by atoms with E-state index in [9.17, 15) is 4.79 Å². The zero-order valence-electron chi connectivity index (χ0n) is 9.47. The van der Waals surface area contributed by atoms with Gasteiger partial charge in [-0.05, 0) is 31.0 Å². The van der Waals surface area contributed by atoms with E-state index >= 15 is 0 Å². The van der Waals surface area contributed by atoms with Crippen molar-refractivity contribution in [1.29, 1.82) is 0 Å². The Morgan fingerprint density at radius 1 is 1.35 bits per heavy atom. The molecule has 0 saturated heterocycles. The predicted octanol–water partition coefficient (Wildman–Crippen LogP) is 4.35. The van der Waals surface area contributed by atoms with Gasteiger partial charge < -0.3 is 5.32 Å². The van der Waals surface area contributed by atoms with Gasteiger partial charge in [0.05, 0.1) is 0 Å². The summed E-state index contributed by atoms with van der Waals surface area (Å²) in [6, 6.07) is 5.47. The summed E-state index contributed by atoms with van der Waals surface area (Å²) in [4.78, 5) is 11.8. The Bertz CT molecular complexity index is 378. The van der Waals surface area contributed by atoms with Gasteiger partial charge in [-0.25, -0.2) is 0 Å². The monoisotopic (exact) mass is 381 g/mol. The van der Waals surface area contributed by atoms with Crippen molar-refractivity contribution >= 4 is 49.4 Å². The van der Waals surface area contributed by atoms with Crippen LogP contribution in [0.25, 0.3) is 0 Å². The second kappa shape index (κ2) is 7.39. The third-order valence-electron chi connectivity index (χ3n) is 2.31. The van der Waals surface area contributed by atoms with Gasteiger partial charge in [0.2, 0.25) is 0 Å². The number of nitrogens with one attached hydrogen (secondary N) is 1. The predicted molar refractivity (Wildman–Crippen MR) is 78.7 cm³/mol. The molecule has 0 heterocycles. The fourth-order valence-corrected chi connectivity index (χ4v) is 2.74. The molecule has 0 aliphatic carbocycles. The molecule has 1 N–H and O–H groups in total. The van der Waals surface area contributed by atoms with E-state index in [-0.39, 0.29) is 11.3 Å². The Morgan fingerprint density at radius 3 is 2.47 bits per heavy atom. The van der Waals surface area contributed by atoms with Crippen LogP contribution in [0.15, 0.2) is 27.1 Å². The molecular weight excluding hydrogens is 369 g/mol. The van der Waals surface area contributed by atoms with E-state index in [2.05, 4.69) is 37.2 Å². The van der Waals surface area contributed by atoms with Crippen LogP contribution in [0.5, 0.6) is 0 Å². The maximum atomic E-state index is 11.8. The Morgan fingerprint density at radius 2 is 1.94 bits per heavy atom. The van der Waals surface area contributed by atoms with Gasteiger partial charge in [-0.15, -0.1) is 11.6 Å². The zero-order valence-corrected chi connectivity index (χ0v) is 13.4. The molecule has 0 aromatic heterocycles. The maximum Gasteiger partial charge on any atom is 0.251 e. The zero-order chi connectivity index (χ0) is 12.8. The first-order chi connectivity index (χ1) is 8.02. The Kier molecular flexibility index (Phi) is 6.52. The van der Waals surface area contributed by atoms with Gasteiger partial charge in [-0.3, -0.25) is 4.79 Å². The molecular formula is C12H14Br2ClNO. The van der Waals surface area contributed by atoms with E-state index in [0.717, 1.165) is 21.8 Å². The molecule has 0 bridgehead atoms. The molecule has 1 amide bonds. The van der Waals surface area contributed by atoms with Crippen molar-refractivity contribution in [1.82, 2.24) is 5.32 Å². The number of amides is 1. The summed E-state index contributed by atoms with van der Waals surface area (Å²) in [5.74, 6) is -0.0769. The average Bonchev–Trinajstić information content (AvgIpc) is 2.27. The van der Waals surface area contributed by atoms with Crippen LogP contribution in [0.3, 0.4) is 0 Å². The SMILES string of the molecule is CCC(Cl)CCNC(=O)c1cc(Br)cc(Br)c1. The summed E-state index contributed by atoms with van der Waals surface area (Å²) in [5.41, 5.74) is 0.633. The van der Waals surface area contributed by atoms with Gasteiger partial charge in [0, 0.05) is 26.4 Å². The van der Waals surface area contributed by atoms with E-state index in [1.807, 2.05) is 13.0 Å². The van der Waals surface area contributed by atoms with E-state index in [1.165, 1.54) is 0 Å². The van der Waals surface area contributed by atoms with Crippen molar-refractivity contribution in [2.24, 2.45) is 0 Å². The minimum Gasteiger partial charge on any atom is -0.352 e. The average molecular weight is 384 g/mol. The standard InChI is InChI=1S/C12H14Br2ClNO/c1-2-11(15)3-4-16-12(17)8-5-9(13)7-10(14)6-8/h5-7,11H,2-4H2,1H3,(H,16,17). The molecule has 0 aliphatic rings. The number of carbonyl (C=O) groups is 1. The molecule has 1 unspecified atom stereocenters. The Hall–Kier alpha value is -0.0600. The molecule has 17 heavy (non-hydrogen) atoms. The third kappa shape index (κ3) is 5.40. The van der Waals surface area contributed by atoms with Crippen LogP contribution in [0.4, 0.5) is 0 Å². The summed E-state index contributed by atoms with van der Waals surface area (Å²) < 4.78 is 1.75. The van der Waals surface area contributed by atoms with E-state index in [0.29, 0.717) is 12.1 Å². The lowest BCUT2D eigenvalue weighted by molar-refractivity contribution is 0.0953. The summed E-state index contributed by atoms with van der Waals surface area (Å²) >= 11 is 12.7. The largest absolute Gasteiger partial charge is 0.352 e. The van der Waals surface area contributed by atoms with Gasteiger partial charge in [-0.1, -0.05) is 38.8 Å². The molecule has 0 radical (unpaired) electrons.